The van der Waals surface area contributed by atoms with Crippen molar-refractivity contribution >= 4 is 11.5 Å². The molecule has 0 radical (unpaired) electrons. The lowest BCUT2D eigenvalue weighted by Crippen LogP contribution is -2.32. The molecule has 2 aromatic heterocycles. The van der Waals surface area contributed by atoms with Gasteiger partial charge in [-0.25, -0.2) is 9.97 Å². The van der Waals surface area contributed by atoms with Gasteiger partial charge in [-0.2, -0.15) is 4.37 Å². The van der Waals surface area contributed by atoms with Crippen LogP contribution in [0, 0.1) is 0 Å². The second kappa shape index (κ2) is 4.44. The zero-order valence-electron chi connectivity index (χ0n) is 10.8. The molecule has 0 fully saturated rings. The van der Waals surface area contributed by atoms with E-state index in [2.05, 4.69) is 45.0 Å². The summed E-state index contributed by atoms with van der Waals surface area (Å²) in [5, 5.41) is 4.39. The summed E-state index contributed by atoms with van der Waals surface area (Å²) in [5.41, 5.74) is 1.10. The van der Waals surface area contributed by atoms with E-state index >= 15 is 0 Å². The van der Waals surface area contributed by atoms with Crippen LogP contribution in [0.2, 0.25) is 0 Å². The Morgan fingerprint density at radius 2 is 2.33 bits per heavy atom. The molecule has 6 heteroatoms. The summed E-state index contributed by atoms with van der Waals surface area (Å²) in [7, 11) is 0. The fourth-order valence-electron chi connectivity index (χ4n) is 2.20. The normalized spacial score (nSPS) is 19.2. The average Bonchev–Trinajstić information content (AvgIpc) is 2.94. The molecule has 0 saturated heterocycles. The van der Waals surface area contributed by atoms with E-state index in [1.54, 1.807) is 0 Å². The molecule has 0 amide bonds. The van der Waals surface area contributed by atoms with Crippen LogP contribution >= 0.6 is 11.5 Å². The molecule has 3 rings (SSSR count). The molecule has 96 valence electrons. The van der Waals surface area contributed by atoms with Gasteiger partial charge in [-0.05, 0) is 18.5 Å². The lowest BCUT2D eigenvalue weighted by molar-refractivity contribution is 0.439. The van der Waals surface area contributed by atoms with Gasteiger partial charge in [0.25, 0.3) is 0 Å². The lowest BCUT2D eigenvalue weighted by atomic mass is 10.2. The van der Waals surface area contributed by atoms with Crippen LogP contribution in [0.15, 0.2) is 6.20 Å². The van der Waals surface area contributed by atoms with Crippen LogP contribution < -0.4 is 5.32 Å². The number of aromatic nitrogens is 4. The zero-order valence-corrected chi connectivity index (χ0v) is 11.7. The molecule has 1 aliphatic heterocycles. The van der Waals surface area contributed by atoms with Crippen LogP contribution in [-0.2, 0) is 6.54 Å². The third kappa shape index (κ3) is 1.85. The minimum absolute atomic E-state index is 0.310. The summed E-state index contributed by atoms with van der Waals surface area (Å²) < 4.78 is 6.67. The maximum atomic E-state index is 4.61. The van der Waals surface area contributed by atoms with Gasteiger partial charge in [-0.1, -0.05) is 13.8 Å². The van der Waals surface area contributed by atoms with Crippen LogP contribution in [0.1, 0.15) is 44.4 Å². The molecule has 0 bridgehead atoms. The van der Waals surface area contributed by atoms with Gasteiger partial charge in [-0.3, -0.25) is 0 Å². The van der Waals surface area contributed by atoms with E-state index in [4.69, 9.17) is 0 Å². The van der Waals surface area contributed by atoms with Gasteiger partial charge in [0.2, 0.25) is 0 Å². The summed E-state index contributed by atoms with van der Waals surface area (Å²) in [5.74, 6) is 2.39. The Kier molecular flexibility index (Phi) is 2.91. The summed E-state index contributed by atoms with van der Waals surface area (Å²) in [6.07, 6.45) is 1.92. The van der Waals surface area contributed by atoms with Gasteiger partial charge in [0.1, 0.15) is 11.6 Å². The number of hydrogen-bond acceptors (Lipinski definition) is 5. The Labute approximate surface area is 110 Å². The molecule has 1 aliphatic rings. The molecule has 2 aromatic rings. The minimum atomic E-state index is 0.310. The highest BCUT2D eigenvalue weighted by Crippen LogP contribution is 2.28. The third-order valence-electron chi connectivity index (χ3n) is 3.24. The highest BCUT2D eigenvalue weighted by Gasteiger charge is 2.22. The van der Waals surface area contributed by atoms with Gasteiger partial charge in [0.05, 0.1) is 17.9 Å². The predicted octanol–water partition coefficient (Wildman–Crippen LogP) is 2.19. The molecule has 3 heterocycles. The van der Waals surface area contributed by atoms with Crippen LogP contribution in [0.4, 0.5) is 0 Å². The van der Waals surface area contributed by atoms with Crippen molar-refractivity contribution < 1.29 is 0 Å². The number of imidazole rings is 1. The molecular weight excluding hydrogens is 246 g/mol. The van der Waals surface area contributed by atoms with E-state index in [0.29, 0.717) is 12.0 Å². The highest BCUT2D eigenvalue weighted by atomic mass is 32.1. The van der Waals surface area contributed by atoms with Crippen LogP contribution in [0.25, 0.3) is 10.7 Å². The third-order valence-corrected chi connectivity index (χ3v) is 3.99. The monoisotopic (exact) mass is 263 g/mol. The van der Waals surface area contributed by atoms with E-state index in [1.807, 2.05) is 6.20 Å². The van der Waals surface area contributed by atoms with Crippen LogP contribution in [0.3, 0.4) is 0 Å². The lowest BCUT2D eigenvalue weighted by Gasteiger charge is -2.22. The van der Waals surface area contributed by atoms with Crippen molar-refractivity contribution in [3.05, 3.63) is 17.8 Å². The Bertz CT molecular complexity index is 557. The van der Waals surface area contributed by atoms with Crippen molar-refractivity contribution in [1.29, 1.82) is 0 Å². The topological polar surface area (TPSA) is 55.6 Å². The number of fused-ring (bicyclic) bond motifs is 1. The Hall–Kier alpha value is -1.27. The highest BCUT2D eigenvalue weighted by molar-refractivity contribution is 7.09. The second-order valence-electron chi connectivity index (χ2n) is 4.94. The summed E-state index contributed by atoms with van der Waals surface area (Å²) in [6.45, 7) is 8.30. The molecular formula is C12H17N5S. The fourth-order valence-corrected chi connectivity index (χ4v) is 3.02. The van der Waals surface area contributed by atoms with Crippen molar-refractivity contribution in [3.63, 3.8) is 0 Å². The second-order valence-corrected chi connectivity index (χ2v) is 5.69. The Morgan fingerprint density at radius 1 is 1.50 bits per heavy atom. The first-order valence-corrected chi connectivity index (χ1v) is 7.07. The smallest absolute Gasteiger partial charge is 0.162 e. The van der Waals surface area contributed by atoms with Crippen LogP contribution in [-0.4, -0.2) is 25.5 Å². The van der Waals surface area contributed by atoms with Crippen molar-refractivity contribution in [2.75, 3.05) is 6.54 Å². The number of nitrogens with one attached hydrogen (secondary N) is 1. The molecule has 0 aromatic carbocycles. The standard InChI is InChI=1S/C12H17N5S/c1-7(2)10-15-12(18-16-10)9-6-14-11-8(3)13-4-5-17(9)11/h6-8,13H,4-5H2,1-3H3/t8-/m1/s1. The van der Waals surface area contributed by atoms with Gasteiger partial charge >= 0.3 is 0 Å². The molecule has 0 unspecified atom stereocenters. The summed E-state index contributed by atoms with van der Waals surface area (Å²) >= 11 is 1.47. The Morgan fingerprint density at radius 3 is 3.06 bits per heavy atom. The van der Waals surface area contributed by atoms with E-state index in [1.165, 1.54) is 11.5 Å². The van der Waals surface area contributed by atoms with Gasteiger partial charge in [0.15, 0.2) is 5.01 Å². The molecule has 5 nitrogen and oxygen atoms in total. The quantitative estimate of drug-likeness (QED) is 0.902. The first-order valence-electron chi connectivity index (χ1n) is 6.29. The van der Waals surface area contributed by atoms with E-state index in [-0.39, 0.29) is 0 Å². The maximum absolute atomic E-state index is 4.61. The molecule has 18 heavy (non-hydrogen) atoms. The predicted molar refractivity (Wildman–Crippen MR) is 71.6 cm³/mol. The zero-order chi connectivity index (χ0) is 12.7. The molecule has 0 aliphatic carbocycles. The summed E-state index contributed by atoms with van der Waals surface area (Å²) in [6, 6.07) is 0.310. The average molecular weight is 263 g/mol. The van der Waals surface area contributed by atoms with Gasteiger partial charge in [0, 0.05) is 19.0 Å². The van der Waals surface area contributed by atoms with E-state index in [9.17, 15) is 0 Å². The fraction of sp³-hybridized carbons (Fsp3) is 0.583. The number of rotatable bonds is 2. The van der Waals surface area contributed by atoms with Crippen molar-refractivity contribution in [1.82, 2.24) is 24.2 Å². The molecule has 1 atom stereocenters. The Balaban J connectivity index is 2.01. The van der Waals surface area contributed by atoms with Crippen LogP contribution in [0.5, 0.6) is 0 Å². The summed E-state index contributed by atoms with van der Waals surface area (Å²) in [4.78, 5) is 9.12. The number of hydrogen-bond donors (Lipinski definition) is 1. The molecule has 1 N–H and O–H groups in total. The van der Waals surface area contributed by atoms with Crippen molar-refractivity contribution in [3.8, 4) is 10.7 Å². The minimum Gasteiger partial charge on any atom is -0.323 e. The van der Waals surface area contributed by atoms with E-state index in [0.717, 1.165) is 35.4 Å². The maximum Gasteiger partial charge on any atom is 0.162 e. The van der Waals surface area contributed by atoms with Gasteiger partial charge < -0.3 is 9.88 Å². The first-order chi connectivity index (χ1) is 8.66. The number of nitrogens with zero attached hydrogens (tertiary/aromatic N) is 4. The first kappa shape index (κ1) is 11.8. The molecule has 0 spiro atoms. The van der Waals surface area contributed by atoms with E-state index < -0.39 is 0 Å². The van der Waals surface area contributed by atoms with Gasteiger partial charge in [-0.15, -0.1) is 0 Å². The van der Waals surface area contributed by atoms with Crippen molar-refractivity contribution in [2.45, 2.75) is 39.3 Å². The SMILES string of the molecule is CC(C)c1nsc(-c2cnc3n2CCN[C@@H]3C)n1. The largest absolute Gasteiger partial charge is 0.323 e. The molecule has 0 saturated carbocycles. The van der Waals surface area contributed by atoms with Crippen molar-refractivity contribution in [2.24, 2.45) is 0 Å².